The quantitative estimate of drug-likeness (QED) is 0.791. The predicted molar refractivity (Wildman–Crippen MR) is 61.6 cm³/mol. The fourth-order valence-electron chi connectivity index (χ4n) is 2.39. The smallest absolute Gasteiger partial charge is 0.251 e. The summed E-state index contributed by atoms with van der Waals surface area (Å²) >= 11 is 0. The summed E-state index contributed by atoms with van der Waals surface area (Å²) in [4.78, 5) is 15.1. The third kappa shape index (κ3) is 1.46. The molecule has 0 amide bonds. The lowest BCUT2D eigenvalue weighted by molar-refractivity contribution is 0.0698. The van der Waals surface area contributed by atoms with Gasteiger partial charge in [0.25, 0.3) is 5.56 Å². The molecule has 0 unspecified atom stereocenters. The molecule has 4 nitrogen and oxygen atoms in total. The number of fused-ring (bicyclic) bond motifs is 1. The number of aromatic nitrogens is 2. The van der Waals surface area contributed by atoms with Crippen molar-refractivity contribution in [2.45, 2.75) is 18.9 Å². The van der Waals surface area contributed by atoms with Crippen LogP contribution in [-0.4, -0.2) is 22.8 Å². The van der Waals surface area contributed by atoms with Gasteiger partial charge in [0.15, 0.2) is 0 Å². The first kappa shape index (κ1) is 9.66. The summed E-state index contributed by atoms with van der Waals surface area (Å²) in [7, 11) is 0. The van der Waals surface area contributed by atoms with Crippen molar-refractivity contribution in [2.24, 2.45) is 0 Å². The molecule has 2 aromatic heterocycles. The molecule has 2 aromatic rings. The minimum absolute atomic E-state index is 0.0824. The molecule has 1 aliphatic rings. The van der Waals surface area contributed by atoms with Crippen LogP contribution in [0.4, 0.5) is 0 Å². The van der Waals surface area contributed by atoms with Gasteiger partial charge >= 0.3 is 0 Å². The number of H-pyrrole nitrogens is 1. The largest absolute Gasteiger partial charge is 0.381 e. The Balaban J connectivity index is 2.16. The summed E-state index contributed by atoms with van der Waals surface area (Å²) in [5.74, 6) is 0. The molecule has 0 radical (unpaired) electrons. The number of hydrogen-bond donors (Lipinski definition) is 1. The van der Waals surface area contributed by atoms with Crippen LogP contribution in [0, 0.1) is 0 Å². The SMILES string of the molecule is O=c1ccc2[nH]ccc2n1C1CCOCC1. The summed E-state index contributed by atoms with van der Waals surface area (Å²) in [5, 5.41) is 0. The summed E-state index contributed by atoms with van der Waals surface area (Å²) < 4.78 is 7.23. The summed E-state index contributed by atoms with van der Waals surface area (Å²) in [5.41, 5.74) is 2.10. The number of nitrogens with one attached hydrogen (secondary N) is 1. The molecule has 0 atom stereocenters. The van der Waals surface area contributed by atoms with Gasteiger partial charge in [0, 0.05) is 31.5 Å². The van der Waals surface area contributed by atoms with Gasteiger partial charge in [0.1, 0.15) is 0 Å². The maximum absolute atomic E-state index is 11.9. The van der Waals surface area contributed by atoms with Crippen LogP contribution in [0.2, 0.25) is 0 Å². The van der Waals surface area contributed by atoms with Crippen LogP contribution in [0.15, 0.2) is 29.2 Å². The Hall–Kier alpha value is -1.55. The van der Waals surface area contributed by atoms with Crippen molar-refractivity contribution in [2.75, 3.05) is 13.2 Å². The number of pyridine rings is 1. The fourth-order valence-corrected chi connectivity index (χ4v) is 2.39. The number of hydrogen-bond acceptors (Lipinski definition) is 2. The number of nitrogens with zero attached hydrogens (tertiary/aromatic N) is 1. The average Bonchev–Trinajstić information content (AvgIpc) is 2.78. The van der Waals surface area contributed by atoms with Crippen LogP contribution in [0.5, 0.6) is 0 Å². The van der Waals surface area contributed by atoms with Gasteiger partial charge in [-0.15, -0.1) is 0 Å². The molecule has 1 aliphatic heterocycles. The highest BCUT2D eigenvalue weighted by atomic mass is 16.5. The van der Waals surface area contributed by atoms with Crippen molar-refractivity contribution < 1.29 is 4.74 Å². The van der Waals surface area contributed by atoms with E-state index in [1.165, 1.54) is 0 Å². The van der Waals surface area contributed by atoms with Crippen LogP contribution in [-0.2, 0) is 4.74 Å². The second-order valence-electron chi connectivity index (χ2n) is 4.16. The van der Waals surface area contributed by atoms with Gasteiger partial charge in [-0.1, -0.05) is 0 Å². The standard InChI is InChI=1S/C12H14N2O2/c15-12-2-1-10-11(3-6-13-10)14(12)9-4-7-16-8-5-9/h1-3,6,9,13H,4-5,7-8H2. The first-order valence-electron chi connectivity index (χ1n) is 5.62. The Bertz CT molecular complexity index is 549. The van der Waals surface area contributed by atoms with Crippen LogP contribution in [0.1, 0.15) is 18.9 Å². The lowest BCUT2D eigenvalue weighted by Gasteiger charge is -2.24. The third-order valence-electron chi connectivity index (χ3n) is 3.20. The van der Waals surface area contributed by atoms with Gasteiger partial charge in [-0.2, -0.15) is 0 Å². The first-order chi connectivity index (χ1) is 7.86. The summed E-state index contributed by atoms with van der Waals surface area (Å²) in [6, 6.07) is 5.72. The van der Waals surface area contributed by atoms with E-state index in [4.69, 9.17) is 4.74 Å². The Morgan fingerprint density at radius 3 is 2.88 bits per heavy atom. The fraction of sp³-hybridized carbons (Fsp3) is 0.417. The number of ether oxygens (including phenoxy) is 1. The minimum Gasteiger partial charge on any atom is -0.381 e. The monoisotopic (exact) mass is 218 g/mol. The van der Waals surface area contributed by atoms with Crippen LogP contribution < -0.4 is 5.56 Å². The molecular weight excluding hydrogens is 204 g/mol. The molecule has 3 rings (SSSR count). The zero-order valence-electron chi connectivity index (χ0n) is 8.98. The Labute approximate surface area is 92.8 Å². The lowest BCUT2D eigenvalue weighted by Crippen LogP contribution is -2.28. The molecule has 1 fully saturated rings. The second kappa shape index (κ2) is 3.79. The van der Waals surface area contributed by atoms with Crippen molar-refractivity contribution >= 4 is 11.0 Å². The molecule has 0 aromatic carbocycles. The van der Waals surface area contributed by atoms with Crippen LogP contribution in [0.3, 0.4) is 0 Å². The van der Waals surface area contributed by atoms with Gasteiger partial charge in [0.05, 0.1) is 11.0 Å². The molecular formula is C12H14N2O2. The topological polar surface area (TPSA) is 47.0 Å². The van der Waals surface area contributed by atoms with Crippen LogP contribution >= 0.6 is 0 Å². The first-order valence-corrected chi connectivity index (χ1v) is 5.62. The maximum Gasteiger partial charge on any atom is 0.251 e. The molecule has 0 saturated carbocycles. The third-order valence-corrected chi connectivity index (χ3v) is 3.20. The van der Waals surface area contributed by atoms with E-state index in [1.54, 1.807) is 6.07 Å². The highest BCUT2D eigenvalue weighted by Crippen LogP contribution is 2.22. The summed E-state index contributed by atoms with van der Waals surface area (Å²) in [6.45, 7) is 1.50. The number of aromatic amines is 1. The zero-order chi connectivity index (χ0) is 11.0. The van der Waals surface area contributed by atoms with Crippen molar-refractivity contribution in [1.82, 2.24) is 9.55 Å². The summed E-state index contributed by atoms with van der Waals surface area (Å²) in [6.07, 6.45) is 3.72. The van der Waals surface area contributed by atoms with Crippen molar-refractivity contribution in [3.05, 3.63) is 34.7 Å². The van der Waals surface area contributed by atoms with Crippen molar-refractivity contribution in [3.63, 3.8) is 0 Å². The van der Waals surface area contributed by atoms with Crippen molar-refractivity contribution in [1.29, 1.82) is 0 Å². The molecule has 3 heterocycles. The molecule has 0 aliphatic carbocycles. The van der Waals surface area contributed by atoms with Gasteiger partial charge < -0.3 is 14.3 Å². The van der Waals surface area contributed by atoms with E-state index < -0.39 is 0 Å². The Morgan fingerprint density at radius 1 is 1.25 bits per heavy atom. The highest BCUT2D eigenvalue weighted by Gasteiger charge is 2.18. The highest BCUT2D eigenvalue weighted by molar-refractivity contribution is 5.75. The lowest BCUT2D eigenvalue weighted by atomic mass is 10.1. The van der Waals surface area contributed by atoms with Gasteiger partial charge in [-0.3, -0.25) is 4.79 Å². The van der Waals surface area contributed by atoms with E-state index in [0.29, 0.717) is 0 Å². The molecule has 0 spiro atoms. The minimum atomic E-state index is 0.0824. The van der Waals surface area contributed by atoms with E-state index in [-0.39, 0.29) is 11.6 Å². The predicted octanol–water partition coefficient (Wildman–Crippen LogP) is 1.68. The zero-order valence-corrected chi connectivity index (χ0v) is 8.98. The van der Waals surface area contributed by atoms with Gasteiger partial charge in [0.2, 0.25) is 0 Å². The van der Waals surface area contributed by atoms with E-state index >= 15 is 0 Å². The maximum atomic E-state index is 11.9. The molecule has 16 heavy (non-hydrogen) atoms. The molecule has 1 N–H and O–H groups in total. The Morgan fingerprint density at radius 2 is 2.06 bits per heavy atom. The Kier molecular flexibility index (Phi) is 2.29. The van der Waals surface area contributed by atoms with Gasteiger partial charge in [-0.05, 0) is 25.0 Å². The molecule has 84 valence electrons. The second-order valence-corrected chi connectivity index (χ2v) is 4.16. The van der Waals surface area contributed by atoms with Gasteiger partial charge in [-0.25, -0.2) is 0 Å². The normalized spacial score (nSPS) is 18.0. The van der Waals surface area contributed by atoms with E-state index in [1.807, 2.05) is 22.9 Å². The number of rotatable bonds is 1. The van der Waals surface area contributed by atoms with E-state index in [9.17, 15) is 4.79 Å². The van der Waals surface area contributed by atoms with Crippen LogP contribution in [0.25, 0.3) is 11.0 Å². The van der Waals surface area contributed by atoms with E-state index in [0.717, 1.165) is 37.1 Å². The average molecular weight is 218 g/mol. The molecule has 1 saturated heterocycles. The van der Waals surface area contributed by atoms with Crippen molar-refractivity contribution in [3.8, 4) is 0 Å². The molecule has 0 bridgehead atoms. The van der Waals surface area contributed by atoms with E-state index in [2.05, 4.69) is 4.98 Å². The molecule has 4 heteroatoms.